The first-order valence-electron chi connectivity index (χ1n) is 13.0. The number of carbonyl (C=O) groups is 1. The van der Waals surface area contributed by atoms with Crippen LogP contribution in [0.4, 0.5) is 0 Å². The topological polar surface area (TPSA) is 49.3 Å². The van der Waals surface area contributed by atoms with E-state index < -0.39 is 0 Å². The van der Waals surface area contributed by atoms with Crippen molar-refractivity contribution in [2.45, 2.75) is 89.5 Å². The maximum atomic E-state index is 12.8. The van der Waals surface area contributed by atoms with Crippen LogP contribution in [-0.4, -0.2) is 28.9 Å². The number of amides is 1. The Kier molecular flexibility index (Phi) is 6.39. The Balaban J connectivity index is 1.20. The molecule has 4 fully saturated rings. The lowest BCUT2D eigenvalue weighted by atomic mass is 9.45. The van der Waals surface area contributed by atoms with Crippen molar-refractivity contribution in [3.05, 3.63) is 35.9 Å². The lowest BCUT2D eigenvalue weighted by molar-refractivity contribution is -0.128. The third kappa shape index (κ3) is 4.04. The van der Waals surface area contributed by atoms with Crippen LogP contribution in [-0.2, 0) is 10.5 Å². The van der Waals surface area contributed by atoms with Gasteiger partial charge in [-0.3, -0.25) is 4.79 Å². The van der Waals surface area contributed by atoms with Gasteiger partial charge in [0.25, 0.3) is 0 Å². The van der Waals surface area contributed by atoms with E-state index in [1.54, 1.807) is 11.8 Å². The van der Waals surface area contributed by atoms with Crippen molar-refractivity contribution in [1.29, 1.82) is 0 Å². The molecule has 3 nitrogen and oxygen atoms in total. The lowest BCUT2D eigenvalue weighted by Crippen LogP contribution is -2.56. The predicted octanol–water partition coefficient (Wildman–Crippen LogP) is 5.81. The number of aliphatic hydroxyl groups excluding tert-OH is 1. The van der Waals surface area contributed by atoms with Crippen LogP contribution in [0.25, 0.3) is 0 Å². The van der Waals surface area contributed by atoms with Gasteiger partial charge in [0.15, 0.2) is 0 Å². The molecule has 0 aromatic heterocycles. The first kappa shape index (κ1) is 22.8. The molecule has 4 aliphatic rings. The average molecular weight is 456 g/mol. The summed E-state index contributed by atoms with van der Waals surface area (Å²) in [5, 5.41) is 13.7. The van der Waals surface area contributed by atoms with Crippen molar-refractivity contribution >= 4 is 17.7 Å². The van der Waals surface area contributed by atoms with Gasteiger partial charge in [-0.2, -0.15) is 0 Å². The molecule has 8 atom stereocenters. The van der Waals surface area contributed by atoms with Gasteiger partial charge in [-0.05, 0) is 97.9 Å². The van der Waals surface area contributed by atoms with Crippen LogP contribution in [0.3, 0.4) is 0 Å². The number of hydrogen-bond donors (Lipinski definition) is 2. The van der Waals surface area contributed by atoms with E-state index >= 15 is 0 Å². The van der Waals surface area contributed by atoms with Gasteiger partial charge in [-0.1, -0.05) is 44.2 Å². The highest BCUT2D eigenvalue weighted by Crippen LogP contribution is 2.66. The van der Waals surface area contributed by atoms with Crippen LogP contribution in [0, 0.1) is 34.5 Å². The Hall–Kier alpha value is -1.00. The quantitative estimate of drug-likeness (QED) is 0.589. The molecule has 0 bridgehead atoms. The zero-order valence-corrected chi connectivity index (χ0v) is 20.7. The van der Waals surface area contributed by atoms with Crippen molar-refractivity contribution < 1.29 is 9.90 Å². The molecular weight excluding hydrogens is 414 g/mol. The van der Waals surface area contributed by atoms with Gasteiger partial charge in [0.05, 0.1) is 11.9 Å². The maximum absolute atomic E-state index is 12.8. The summed E-state index contributed by atoms with van der Waals surface area (Å²) in [5.74, 6) is 4.79. The second kappa shape index (κ2) is 8.98. The van der Waals surface area contributed by atoms with Crippen molar-refractivity contribution in [1.82, 2.24) is 5.32 Å². The van der Waals surface area contributed by atoms with Crippen molar-refractivity contribution in [2.75, 3.05) is 5.75 Å². The molecule has 2 N–H and O–H groups in total. The first-order valence-corrected chi connectivity index (χ1v) is 14.1. The number of nitrogens with one attached hydrogen (secondary N) is 1. The predicted molar refractivity (Wildman–Crippen MR) is 132 cm³/mol. The number of thioether (sulfide) groups is 1. The summed E-state index contributed by atoms with van der Waals surface area (Å²) in [6, 6.07) is 10.8. The molecule has 0 aliphatic heterocycles. The number of rotatable bonds is 5. The molecule has 32 heavy (non-hydrogen) atoms. The number of carbonyl (C=O) groups excluding carboxylic acids is 1. The minimum atomic E-state index is -0.0654. The summed E-state index contributed by atoms with van der Waals surface area (Å²) in [6.07, 6.45) is 10.8. The van der Waals surface area contributed by atoms with Gasteiger partial charge in [0, 0.05) is 11.8 Å². The fraction of sp³-hybridized carbons (Fsp3) is 0.750. The van der Waals surface area contributed by atoms with E-state index in [1.807, 2.05) is 6.07 Å². The lowest BCUT2D eigenvalue weighted by Gasteiger charge is -2.60. The molecule has 1 amide bonds. The van der Waals surface area contributed by atoms with Crippen LogP contribution in [0.1, 0.15) is 77.2 Å². The summed E-state index contributed by atoms with van der Waals surface area (Å²) in [6.45, 7) is 5.04. The molecule has 0 heterocycles. The molecule has 1 aromatic rings. The highest BCUT2D eigenvalue weighted by Gasteiger charge is 2.60. The molecule has 1 aromatic carbocycles. The van der Waals surface area contributed by atoms with Gasteiger partial charge >= 0.3 is 0 Å². The second-order valence-electron chi connectivity index (χ2n) is 11.8. The van der Waals surface area contributed by atoms with E-state index in [2.05, 4.69) is 43.4 Å². The van der Waals surface area contributed by atoms with Crippen molar-refractivity contribution in [3.63, 3.8) is 0 Å². The minimum Gasteiger partial charge on any atom is -0.393 e. The summed E-state index contributed by atoms with van der Waals surface area (Å²) < 4.78 is 0. The highest BCUT2D eigenvalue weighted by atomic mass is 32.2. The highest BCUT2D eigenvalue weighted by molar-refractivity contribution is 7.99. The van der Waals surface area contributed by atoms with Gasteiger partial charge in [-0.15, -0.1) is 11.8 Å². The van der Waals surface area contributed by atoms with Gasteiger partial charge < -0.3 is 10.4 Å². The number of benzene rings is 1. The largest absolute Gasteiger partial charge is 0.393 e. The van der Waals surface area contributed by atoms with E-state index in [9.17, 15) is 9.90 Å². The Labute approximate surface area is 198 Å². The Morgan fingerprint density at radius 3 is 2.56 bits per heavy atom. The number of aliphatic hydroxyl groups is 1. The SMILES string of the molecule is C[C@]12CC[C@H]3[C@@H](CC[C@H]4C[C@@H](O)CC[C@@]43C)[C@H]1CC[C@H]2NC(=O)CSCc1ccccc1. The van der Waals surface area contributed by atoms with Crippen LogP contribution < -0.4 is 5.32 Å². The first-order chi connectivity index (χ1) is 15.4. The number of fused-ring (bicyclic) bond motifs is 5. The van der Waals surface area contributed by atoms with E-state index in [0.717, 1.165) is 48.7 Å². The summed E-state index contributed by atoms with van der Waals surface area (Å²) in [7, 11) is 0. The fourth-order valence-electron chi connectivity index (χ4n) is 8.54. The normalized spacial score (nSPS) is 43.1. The molecule has 4 aliphatic carbocycles. The summed E-state index contributed by atoms with van der Waals surface area (Å²) >= 11 is 1.72. The minimum absolute atomic E-state index is 0.0654. The van der Waals surface area contributed by atoms with Gasteiger partial charge in [0.2, 0.25) is 5.91 Å². The van der Waals surface area contributed by atoms with Gasteiger partial charge in [0.1, 0.15) is 0 Å². The zero-order chi connectivity index (χ0) is 22.3. The van der Waals surface area contributed by atoms with E-state index in [4.69, 9.17) is 0 Å². The third-order valence-electron chi connectivity index (χ3n) is 10.3. The molecule has 4 saturated carbocycles. The van der Waals surface area contributed by atoms with Crippen molar-refractivity contribution in [3.8, 4) is 0 Å². The second-order valence-corrected chi connectivity index (χ2v) is 12.8. The van der Waals surface area contributed by atoms with E-state index in [-0.39, 0.29) is 17.4 Å². The van der Waals surface area contributed by atoms with E-state index in [0.29, 0.717) is 17.2 Å². The Morgan fingerprint density at radius 1 is 1.00 bits per heavy atom. The van der Waals surface area contributed by atoms with E-state index in [1.165, 1.54) is 44.1 Å². The maximum Gasteiger partial charge on any atom is 0.230 e. The molecule has 0 unspecified atom stereocenters. The third-order valence-corrected chi connectivity index (χ3v) is 11.3. The summed E-state index contributed by atoms with van der Waals surface area (Å²) in [4.78, 5) is 12.8. The molecule has 176 valence electrons. The summed E-state index contributed by atoms with van der Waals surface area (Å²) in [5.41, 5.74) is 1.98. The molecule has 5 rings (SSSR count). The monoisotopic (exact) mass is 455 g/mol. The standard InChI is InChI=1S/C28H41NO2S/c1-27-14-12-21(30)16-20(27)8-9-22-23-10-11-25(28(23,2)15-13-24(22)27)29-26(31)18-32-17-19-6-4-3-5-7-19/h3-7,20-25,30H,8-18H2,1-2H3,(H,29,31)/t20-,21-,22-,23+,24-,25+,27-,28-/m0/s1. The zero-order valence-electron chi connectivity index (χ0n) is 19.9. The van der Waals surface area contributed by atoms with Crippen LogP contribution in [0.2, 0.25) is 0 Å². The van der Waals surface area contributed by atoms with Crippen LogP contribution >= 0.6 is 11.8 Å². The Morgan fingerprint density at radius 2 is 1.75 bits per heavy atom. The Bertz CT molecular complexity index is 815. The molecule has 0 spiro atoms. The van der Waals surface area contributed by atoms with Crippen LogP contribution in [0.15, 0.2) is 30.3 Å². The molecule has 0 saturated heterocycles. The van der Waals surface area contributed by atoms with Crippen LogP contribution in [0.5, 0.6) is 0 Å². The smallest absolute Gasteiger partial charge is 0.230 e. The van der Waals surface area contributed by atoms with Crippen molar-refractivity contribution in [2.24, 2.45) is 34.5 Å². The number of hydrogen-bond acceptors (Lipinski definition) is 3. The average Bonchev–Trinajstić information content (AvgIpc) is 3.11. The fourth-order valence-corrected chi connectivity index (χ4v) is 9.34. The molecule has 4 heteroatoms. The molecular formula is C28H41NO2S. The van der Waals surface area contributed by atoms with Gasteiger partial charge in [-0.25, -0.2) is 0 Å². The molecule has 0 radical (unpaired) electrons.